The Balaban J connectivity index is 3.27. The molecule has 1 heterocycles. The highest BCUT2D eigenvalue weighted by Gasteiger charge is 2.53. The highest BCUT2D eigenvalue weighted by molar-refractivity contribution is 5.95. The Morgan fingerprint density at radius 2 is 1.52 bits per heavy atom. The number of carbonyl (C=O) groups is 2. The van der Waals surface area contributed by atoms with E-state index in [1.165, 1.54) is 0 Å². The van der Waals surface area contributed by atoms with Gasteiger partial charge in [-0.15, -0.1) is 0 Å². The van der Waals surface area contributed by atoms with E-state index in [9.17, 15) is 9.59 Å². The van der Waals surface area contributed by atoms with Crippen molar-refractivity contribution in [3.8, 4) is 0 Å². The lowest BCUT2D eigenvalue weighted by Gasteiger charge is -2.54. The van der Waals surface area contributed by atoms with Crippen LogP contribution in [-0.4, -0.2) is 11.9 Å². The molecule has 1 aliphatic heterocycles. The zero-order chi connectivity index (χ0) is 20.0. The quantitative estimate of drug-likeness (QED) is 0.346. The lowest BCUT2D eigenvalue weighted by atomic mass is 9.50. The molecule has 0 saturated carbocycles. The molecule has 0 amide bonds. The van der Waals surface area contributed by atoms with E-state index in [0.717, 1.165) is 12.0 Å². The van der Waals surface area contributed by atoms with Crippen molar-refractivity contribution in [2.45, 2.75) is 82.1 Å². The lowest BCUT2D eigenvalue weighted by Crippen LogP contribution is -2.47. The van der Waals surface area contributed by atoms with Crippen LogP contribution in [0.3, 0.4) is 0 Å². The Morgan fingerprint density at radius 3 is 1.84 bits per heavy atom. The molecule has 0 bridgehead atoms. The van der Waals surface area contributed by atoms with Crippen LogP contribution in [0.4, 0.5) is 0 Å². The minimum atomic E-state index is -0.419. The van der Waals surface area contributed by atoms with E-state index in [1.54, 1.807) is 0 Å². The first-order valence-electron chi connectivity index (χ1n) is 9.34. The molecule has 0 spiro atoms. The fraction of sp³-hybridized carbons (Fsp3) is 0.818. The van der Waals surface area contributed by atoms with E-state index in [-0.39, 0.29) is 34.0 Å². The van der Waals surface area contributed by atoms with Crippen molar-refractivity contribution in [2.75, 3.05) is 0 Å². The zero-order valence-corrected chi connectivity index (χ0v) is 18.0. The molecule has 3 nitrogen and oxygen atoms in total. The van der Waals surface area contributed by atoms with Crippen molar-refractivity contribution >= 4 is 11.9 Å². The van der Waals surface area contributed by atoms with Gasteiger partial charge < -0.3 is 4.74 Å². The van der Waals surface area contributed by atoms with Gasteiger partial charge in [0.1, 0.15) is 0 Å². The Morgan fingerprint density at radius 1 is 1.04 bits per heavy atom. The number of esters is 2. The summed E-state index contributed by atoms with van der Waals surface area (Å²) in [6.07, 6.45) is 1.18. The Hall–Kier alpha value is -1.12. The topological polar surface area (TPSA) is 43.4 Å². The molecule has 144 valence electrons. The normalized spacial score (nSPS) is 21.3. The molecule has 1 saturated heterocycles. The minimum absolute atomic E-state index is 0.0562. The van der Waals surface area contributed by atoms with Crippen LogP contribution < -0.4 is 0 Å². The molecule has 0 aromatic heterocycles. The maximum atomic E-state index is 12.3. The monoisotopic (exact) mass is 350 g/mol. The smallest absolute Gasteiger partial charge is 0.317 e. The summed E-state index contributed by atoms with van der Waals surface area (Å²) in [4.78, 5) is 23.9. The largest absolute Gasteiger partial charge is 0.393 e. The molecular weight excluding hydrogens is 312 g/mol. The van der Waals surface area contributed by atoms with Crippen LogP contribution >= 0.6 is 0 Å². The number of rotatable bonds is 6. The molecule has 1 fully saturated rings. The predicted molar refractivity (Wildman–Crippen MR) is 103 cm³/mol. The SMILES string of the molecule is C=C(C)C(C1CC(=O)OC1=O)C(C)(C)C(C)(C)CC(C)(C)C(C)(C)C. The van der Waals surface area contributed by atoms with Crippen LogP contribution in [0, 0.1) is 33.5 Å². The number of carbonyl (C=O) groups excluding carboxylic acids is 2. The minimum Gasteiger partial charge on any atom is -0.393 e. The molecule has 2 unspecified atom stereocenters. The maximum Gasteiger partial charge on any atom is 0.317 e. The fourth-order valence-corrected chi connectivity index (χ4v) is 4.23. The summed E-state index contributed by atoms with van der Waals surface area (Å²) in [5.74, 6) is -1.31. The third kappa shape index (κ3) is 4.17. The highest BCUT2D eigenvalue weighted by Crippen LogP contribution is 2.57. The first-order chi connectivity index (χ1) is 10.9. The zero-order valence-electron chi connectivity index (χ0n) is 18.0. The fourth-order valence-electron chi connectivity index (χ4n) is 4.23. The van der Waals surface area contributed by atoms with Gasteiger partial charge in [0.25, 0.3) is 0 Å². The van der Waals surface area contributed by atoms with Gasteiger partial charge in [-0.05, 0) is 40.9 Å². The van der Waals surface area contributed by atoms with Crippen LogP contribution in [0.2, 0.25) is 0 Å². The molecule has 0 aromatic rings. The van der Waals surface area contributed by atoms with E-state index in [4.69, 9.17) is 4.74 Å². The summed E-state index contributed by atoms with van der Waals surface area (Å²) in [5, 5.41) is 0. The van der Waals surface area contributed by atoms with E-state index in [0.29, 0.717) is 0 Å². The number of cyclic esters (lactones) is 2. The van der Waals surface area contributed by atoms with Gasteiger partial charge in [-0.1, -0.05) is 74.5 Å². The predicted octanol–water partition coefficient (Wildman–Crippen LogP) is 5.78. The van der Waals surface area contributed by atoms with E-state index in [1.807, 2.05) is 6.92 Å². The summed E-state index contributed by atoms with van der Waals surface area (Å²) in [6.45, 7) is 26.6. The number of hydrogen-bond donors (Lipinski definition) is 0. The van der Waals surface area contributed by atoms with Crippen molar-refractivity contribution in [3.63, 3.8) is 0 Å². The Bertz CT molecular complexity index is 558. The molecule has 25 heavy (non-hydrogen) atoms. The van der Waals surface area contributed by atoms with Gasteiger partial charge >= 0.3 is 11.9 Å². The van der Waals surface area contributed by atoms with Crippen molar-refractivity contribution in [1.29, 1.82) is 0 Å². The van der Waals surface area contributed by atoms with E-state index >= 15 is 0 Å². The lowest BCUT2D eigenvalue weighted by molar-refractivity contribution is -0.154. The van der Waals surface area contributed by atoms with Gasteiger partial charge in [0.15, 0.2) is 0 Å². The van der Waals surface area contributed by atoms with Gasteiger partial charge in [0.2, 0.25) is 0 Å². The third-order valence-corrected chi connectivity index (χ3v) is 7.27. The molecule has 2 atom stereocenters. The number of hydrogen-bond acceptors (Lipinski definition) is 3. The first-order valence-corrected chi connectivity index (χ1v) is 9.34. The standard InChI is InChI=1S/C22H38O3/c1-14(2)17(15-12-16(23)25-18(15)24)22(10,11)21(8,9)13-20(6,7)19(3,4)5/h15,17H,1,12-13H2,2-11H3. The molecule has 0 aromatic carbocycles. The van der Waals surface area contributed by atoms with Crippen LogP contribution in [0.1, 0.15) is 82.1 Å². The van der Waals surface area contributed by atoms with Crippen LogP contribution in [0.25, 0.3) is 0 Å². The number of allylic oxidation sites excluding steroid dienone is 1. The summed E-state index contributed by atoms with van der Waals surface area (Å²) in [5.41, 5.74) is 0.971. The third-order valence-electron chi connectivity index (χ3n) is 7.27. The van der Waals surface area contributed by atoms with Gasteiger partial charge in [-0.2, -0.15) is 0 Å². The van der Waals surface area contributed by atoms with Gasteiger partial charge in [-0.3, -0.25) is 9.59 Å². The molecular formula is C22H38O3. The second-order valence-electron chi connectivity index (χ2n) is 10.8. The molecule has 0 radical (unpaired) electrons. The van der Waals surface area contributed by atoms with E-state index in [2.05, 4.69) is 68.9 Å². The van der Waals surface area contributed by atoms with Crippen molar-refractivity contribution in [2.24, 2.45) is 33.5 Å². The summed E-state index contributed by atoms with van der Waals surface area (Å²) in [6, 6.07) is 0. The second kappa shape index (κ2) is 6.55. The molecule has 0 N–H and O–H groups in total. The average Bonchev–Trinajstić information content (AvgIpc) is 2.64. The average molecular weight is 351 g/mol. The summed E-state index contributed by atoms with van der Waals surface area (Å²) in [7, 11) is 0. The van der Waals surface area contributed by atoms with E-state index < -0.39 is 17.9 Å². The van der Waals surface area contributed by atoms with Gasteiger partial charge in [-0.25, -0.2) is 0 Å². The van der Waals surface area contributed by atoms with Crippen LogP contribution in [0.15, 0.2) is 12.2 Å². The maximum absolute atomic E-state index is 12.3. The summed E-state index contributed by atoms with van der Waals surface area (Å²) < 4.78 is 4.85. The summed E-state index contributed by atoms with van der Waals surface area (Å²) >= 11 is 0. The van der Waals surface area contributed by atoms with Crippen molar-refractivity contribution < 1.29 is 14.3 Å². The van der Waals surface area contributed by atoms with Crippen LogP contribution in [-0.2, 0) is 14.3 Å². The molecule has 1 rings (SSSR count). The molecule has 0 aliphatic carbocycles. The number of ether oxygens (including phenoxy) is 1. The van der Waals surface area contributed by atoms with Crippen molar-refractivity contribution in [3.05, 3.63) is 12.2 Å². The highest BCUT2D eigenvalue weighted by atomic mass is 16.6. The first kappa shape index (κ1) is 21.9. The van der Waals surface area contributed by atoms with Gasteiger partial charge in [0.05, 0.1) is 12.3 Å². The Labute approximate surface area is 154 Å². The second-order valence-corrected chi connectivity index (χ2v) is 10.8. The van der Waals surface area contributed by atoms with Crippen molar-refractivity contribution in [1.82, 2.24) is 0 Å². The van der Waals surface area contributed by atoms with Gasteiger partial charge in [0, 0.05) is 0 Å². The molecule has 1 aliphatic rings. The molecule has 3 heteroatoms. The Kier molecular flexibility index (Phi) is 5.75. The van der Waals surface area contributed by atoms with Crippen LogP contribution in [0.5, 0.6) is 0 Å².